The first kappa shape index (κ1) is 14.5. The molecule has 0 unspecified atom stereocenters. The van der Waals surface area contributed by atoms with E-state index in [4.69, 9.17) is 16.7 Å². The smallest absolute Gasteiger partial charge is 0.329 e. The zero-order chi connectivity index (χ0) is 15.9. The molecule has 0 spiro atoms. The minimum atomic E-state index is -1.16. The number of para-hydroxylation sites is 1. The van der Waals surface area contributed by atoms with Crippen LogP contribution in [0.15, 0.2) is 24.3 Å². The third-order valence-electron chi connectivity index (χ3n) is 3.70. The fourth-order valence-corrected chi connectivity index (χ4v) is 2.40. The molecule has 1 saturated carbocycles. The highest BCUT2D eigenvalue weighted by Crippen LogP contribution is 2.35. The number of aliphatic carboxylic acids is 1. The molecule has 1 amide bonds. The largest absolute Gasteiger partial charge is 0.480 e. The normalized spacial score (nSPS) is 15.4. The summed E-state index contributed by atoms with van der Waals surface area (Å²) >= 11 is 6.11. The van der Waals surface area contributed by atoms with E-state index in [-0.39, 0.29) is 5.69 Å². The van der Waals surface area contributed by atoms with Crippen molar-refractivity contribution < 1.29 is 14.7 Å². The number of nitrogens with one attached hydrogen (secondary N) is 1. The van der Waals surface area contributed by atoms with Crippen molar-refractivity contribution in [3.05, 3.63) is 40.7 Å². The van der Waals surface area contributed by atoms with Gasteiger partial charge in [0.1, 0.15) is 5.54 Å². The van der Waals surface area contributed by atoms with E-state index in [2.05, 4.69) is 15.6 Å². The highest BCUT2D eigenvalue weighted by atomic mass is 35.5. The van der Waals surface area contributed by atoms with E-state index >= 15 is 0 Å². The molecule has 0 bridgehead atoms. The summed E-state index contributed by atoms with van der Waals surface area (Å²) in [5, 5.41) is 19.9. The SMILES string of the molecule is Cc1c(C(=O)NC2(C(=O)O)CC2)nnn1-c1ccccc1Cl. The third kappa shape index (κ3) is 2.33. The summed E-state index contributed by atoms with van der Waals surface area (Å²) in [6.07, 6.45) is 0.845. The third-order valence-corrected chi connectivity index (χ3v) is 4.02. The highest BCUT2D eigenvalue weighted by molar-refractivity contribution is 6.32. The average Bonchev–Trinajstić information content (AvgIpc) is 3.16. The van der Waals surface area contributed by atoms with Crippen LogP contribution in [0.4, 0.5) is 0 Å². The maximum Gasteiger partial charge on any atom is 0.329 e. The number of amides is 1. The number of carboxylic acid groups (broad SMARTS) is 1. The number of aromatic nitrogens is 3. The second kappa shape index (κ2) is 5.10. The first-order valence-electron chi connectivity index (χ1n) is 6.68. The van der Waals surface area contributed by atoms with E-state index in [1.54, 1.807) is 31.2 Å². The fraction of sp³-hybridized carbons (Fsp3) is 0.286. The number of halogens is 1. The van der Waals surface area contributed by atoms with Crippen molar-refractivity contribution in [1.29, 1.82) is 0 Å². The van der Waals surface area contributed by atoms with Gasteiger partial charge in [0.15, 0.2) is 5.69 Å². The summed E-state index contributed by atoms with van der Waals surface area (Å²) in [5.74, 6) is -1.58. The first-order valence-corrected chi connectivity index (χ1v) is 7.05. The molecular weight excluding hydrogens is 308 g/mol. The van der Waals surface area contributed by atoms with E-state index < -0.39 is 17.4 Å². The van der Waals surface area contributed by atoms with E-state index in [1.807, 2.05) is 0 Å². The van der Waals surface area contributed by atoms with Crippen LogP contribution in [0.25, 0.3) is 5.69 Å². The molecular formula is C14H13ClN4O3. The molecule has 3 rings (SSSR count). The van der Waals surface area contributed by atoms with E-state index in [1.165, 1.54) is 4.68 Å². The number of hydrogen-bond acceptors (Lipinski definition) is 4. The maximum absolute atomic E-state index is 12.2. The Morgan fingerprint density at radius 1 is 1.36 bits per heavy atom. The lowest BCUT2D eigenvalue weighted by atomic mass is 10.2. The second-order valence-corrected chi connectivity index (χ2v) is 5.64. The van der Waals surface area contributed by atoms with Gasteiger partial charge in [0.2, 0.25) is 0 Å². The van der Waals surface area contributed by atoms with Crippen LogP contribution in [-0.4, -0.2) is 37.5 Å². The molecule has 0 atom stereocenters. The predicted octanol–water partition coefficient (Wildman–Crippen LogP) is 1.58. The number of hydrogen-bond donors (Lipinski definition) is 2. The number of rotatable bonds is 4. The standard InChI is InChI=1S/C14H13ClN4O3/c1-8-11(12(20)16-14(6-7-14)13(21)22)17-18-19(8)10-5-3-2-4-9(10)15/h2-5H,6-7H2,1H3,(H,16,20)(H,21,22). The fourth-order valence-electron chi connectivity index (χ4n) is 2.19. The summed E-state index contributed by atoms with van der Waals surface area (Å²) in [6.45, 7) is 1.68. The first-order chi connectivity index (χ1) is 10.4. The summed E-state index contributed by atoms with van der Waals surface area (Å²) in [4.78, 5) is 23.4. The number of benzene rings is 1. The quantitative estimate of drug-likeness (QED) is 0.891. The van der Waals surface area contributed by atoms with E-state index in [0.29, 0.717) is 29.2 Å². The number of carboxylic acids is 1. The molecule has 22 heavy (non-hydrogen) atoms. The van der Waals surface area contributed by atoms with Gasteiger partial charge >= 0.3 is 5.97 Å². The van der Waals surface area contributed by atoms with Gasteiger partial charge in [-0.2, -0.15) is 0 Å². The Balaban J connectivity index is 1.90. The Morgan fingerprint density at radius 2 is 2.05 bits per heavy atom. The van der Waals surface area contributed by atoms with Gasteiger partial charge in [-0.1, -0.05) is 28.9 Å². The topological polar surface area (TPSA) is 97.1 Å². The molecule has 0 aliphatic heterocycles. The van der Waals surface area contributed by atoms with Crippen LogP contribution in [0.5, 0.6) is 0 Å². The number of carbonyl (C=O) groups excluding carboxylic acids is 1. The summed E-state index contributed by atoms with van der Waals surface area (Å²) in [7, 11) is 0. The van der Waals surface area contributed by atoms with Gasteiger partial charge in [-0.05, 0) is 31.9 Å². The van der Waals surface area contributed by atoms with Crippen molar-refractivity contribution in [2.75, 3.05) is 0 Å². The predicted molar refractivity (Wildman–Crippen MR) is 78.2 cm³/mol. The lowest BCUT2D eigenvalue weighted by Crippen LogP contribution is -2.43. The van der Waals surface area contributed by atoms with Crippen LogP contribution >= 0.6 is 11.6 Å². The van der Waals surface area contributed by atoms with Gasteiger partial charge in [-0.15, -0.1) is 5.10 Å². The second-order valence-electron chi connectivity index (χ2n) is 5.23. The van der Waals surface area contributed by atoms with Crippen LogP contribution in [0.3, 0.4) is 0 Å². The summed E-state index contributed by atoms with van der Waals surface area (Å²) < 4.78 is 1.46. The molecule has 114 valence electrons. The van der Waals surface area contributed by atoms with Crippen molar-refractivity contribution >= 4 is 23.5 Å². The zero-order valence-electron chi connectivity index (χ0n) is 11.7. The van der Waals surface area contributed by atoms with E-state index in [9.17, 15) is 9.59 Å². The van der Waals surface area contributed by atoms with Crippen LogP contribution in [0.1, 0.15) is 29.0 Å². The van der Waals surface area contributed by atoms with Gasteiger partial charge in [0.05, 0.1) is 16.4 Å². The molecule has 1 heterocycles. The summed E-state index contributed by atoms with van der Waals surface area (Å²) in [6, 6.07) is 7.05. The monoisotopic (exact) mass is 320 g/mol. The van der Waals surface area contributed by atoms with Crippen LogP contribution in [0, 0.1) is 6.92 Å². The van der Waals surface area contributed by atoms with Crippen LogP contribution in [0.2, 0.25) is 5.02 Å². The van der Waals surface area contributed by atoms with Crippen LogP contribution in [-0.2, 0) is 4.79 Å². The van der Waals surface area contributed by atoms with Crippen molar-refractivity contribution in [3.63, 3.8) is 0 Å². The molecule has 8 heteroatoms. The Kier molecular flexibility index (Phi) is 3.37. The van der Waals surface area contributed by atoms with Crippen molar-refractivity contribution in [2.24, 2.45) is 0 Å². The molecule has 7 nitrogen and oxygen atoms in total. The minimum Gasteiger partial charge on any atom is -0.480 e. The Morgan fingerprint density at radius 3 is 2.64 bits per heavy atom. The Bertz CT molecular complexity index is 767. The number of carbonyl (C=O) groups is 2. The van der Waals surface area contributed by atoms with Crippen molar-refractivity contribution in [3.8, 4) is 5.69 Å². The minimum absolute atomic E-state index is 0.0902. The van der Waals surface area contributed by atoms with Gasteiger partial charge in [-0.25, -0.2) is 9.48 Å². The van der Waals surface area contributed by atoms with Crippen LogP contribution < -0.4 is 5.32 Å². The molecule has 0 radical (unpaired) electrons. The molecule has 1 aliphatic rings. The number of nitrogens with zero attached hydrogens (tertiary/aromatic N) is 3. The van der Waals surface area contributed by atoms with Gasteiger partial charge < -0.3 is 10.4 Å². The molecule has 1 fully saturated rings. The summed E-state index contributed by atoms with van der Waals surface area (Å²) in [5.41, 5.74) is 0.0318. The molecule has 2 aromatic rings. The highest BCUT2D eigenvalue weighted by Gasteiger charge is 2.52. The molecule has 0 saturated heterocycles. The molecule has 1 aromatic heterocycles. The maximum atomic E-state index is 12.2. The van der Waals surface area contributed by atoms with Crippen molar-refractivity contribution in [2.45, 2.75) is 25.3 Å². The Hall–Kier alpha value is -2.41. The van der Waals surface area contributed by atoms with Gasteiger partial charge in [0.25, 0.3) is 5.91 Å². The zero-order valence-corrected chi connectivity index (χ0v) is 12.5. The lowest BCUT2D eigenvalue weighted by molar-refractivity contribution is -0.140. The lowest BCUT2D eigenvalue weighted by Gasteiger charge is -2.11. The molecule has 2 N–H and O–H groups in total. The Labute approximate surface area is 130 Å². The van der Waals surface area contributed by atoms with Gasteiger partial charge in [-0.3, -0.25) is 4.79 Å². The molecule has 1 aromatic carbocycles. The van der Waals surface area contributed by atoms with E-state index in [0.717, 1.165) is 0 Å². The average molecular weight is 321 g/mol. The van der Waals surface area contributed by atoms with Crippen molar-refractivity contribution in [1.82, 2.24) is 20.3 Å². The molecule has 1 aliphatic carbocycles. The van der Waals surface area contributed by atoms with Gasteiger partial charge in [0, 0.05) is 0 Å².